The van der Waals surface area contributed by atoms with Crippen molar-refractivity contribution >= 4 is 28.9 Å². The highest BCUT2D eigenvalue weighted by Gasteiger charge is 2.05. The van der Waals surface area contributed by atoms with Gasteiger partial charge in [-0.1, -0.05) is 23.7 Å². The van der Waals surface area contributed by atoms with E-state index in [-0.39, 0.29) is 5.91 Å². The van der Waals surface area contributed by atoms with E-state index < -0.39 is 0 Å². The molecule has 0 unspecified atom stereocenters. The van der Waals surface area contributed by atoms with Crippen molar-refractivity contribution in [2.24, 2.45) is 0 Å². The minimum Gasteiger partial charge on any atom is -0.384 e. The van der Waals surface area contributed by atoms with Crippen molar-refractivity contribution in [3.05, 3.63) is 58.1 Å². The van der Waals surface area contributed by atoms with Crippen molar-refractivity contribution in [2.45, 2.75) is 27.2 Å². The second kappa shape index (κ2) is 7.32. The summed E-state index contributed by atoms with van der Waals surface area (Å²) in [5.74, 6) is 0.00724. The van der Waals surface area contributed by atoms with Gasteiger partial charge in [0.15, 0.2) is 0 Å². The highest BCUT2D eigenvalue weighted by molar-refractivity contribution is 6.30. The van der Waals surface area contributed by atoms with Gasteiger partial charge in [-0.05, 0) is 61.7 Å². The van der Waals surface area contributed by atoms with Gasteiger partial charge in [0.25, 0.3) is 0 Å². The number of rotatable bonds is 5. The highest BCUT2D eigenvalue weighted by atomic mass is 35.5. The lowest BCUT2D eigenvalue weighted by Crippen LogP contribution is -2.17. The standard InChI is InChI=1S/C18H21ClN2O/c1-12-4-5-13(2)17(10-12)21-18(22)8-9-20-16-7-6-15(19)11-14(16)3/h4-7,10-11,20H,8-9H2,1-3H3,(H,21,22). The number of anilines is 2. The van der Waals surface area contributed by atoms with Gasteiger partial charge in [-0.15, -0.1) is 0 Å². The molecule has 0 saturated carbocycles. The van der Waals surface area contributed by atoms with Crippen LogP contribution in [-0.4, -0.2) is 12.5 Å². The smallest absolute Gasteiger partial charge is 0.226 e. The van der Waals surface area contributed by atoms with Crippen LogP contribution < -0.4 is 10.6 Å². The summed E-state index contributed by atoms with van der Waals surface area (Å²) in [5.41, 5.74) is 5.16. The fourth-order valence-electron chi connectivity index (χ4n) is 2.22. The molecule has 116 valence electrons. The zero-order chi connectivity index (χ0) is 16.1. The molecular formula is C18H21ClN2O. The number of nitrogens with one attached hydrogen (secondary N) is 2. The quantitative estimate of drug-likeness (QED) is 0.839. The normalized spacial score (nSPS) is 10.4. The van der Waals surface area contributed by atoms with E-state index in [2.05, 4.69) is 10.6 Å². The molecule has 4 heteroatoms. The van der Waals surface area contributed by atoms with Crippen molar-refractivity contribution < 1.29 is 4.79 Å². The Morgan fingerprint density at radius 1 is 1.00 bits per heavy atom. The van der Waals surface area contributed by atoms with E-state index in [1.54, 1.807) is 0 Å². The SMILES string of the molecule is Cc1ccc(C)c(NC(=O)CCNc2ccc(Cl)cc2C)c1. The van der Waals surface area contributed by atoms with Crippen LogP contribution in [0.5, 0.6) is 0 Å². The van der Waals surface area contributed by atoms with Gasteiger partial charge in [-0.3, -0.25) is 4.79 Å². The molecule has 0 atom stereocenters. The van der Waals surface area contributed by atoms with Gasteiger partial charge in [0.1, 0.15) is 0 Å². The van der Waals surface area contributed by atoms with E-state index >= 15 is 0 Å². The number of hydrogen-bond donors (Lipinski definition) is 2. The zero-order valence-corrected chi connectivity index (χ0v) is 13.9. The van der Waals surface area contributed by atoms with Crippen LogP contribution in [0.3, 0.4) is 0 Å². The molecule has 1 amide bonds. The molecule has 0 aliphatic carbocycles. The summed E-state index contributed by atoms with van der Waals surface area (Å²) in [7, 11) is 0. The van der Waals surface area contributed by atoms with Gasteiger partial charge < -0.3 is 10.6 Å². The number of aryl methyl sites for hydroxylation is 3. The third-order valence-corrected chi connectivity index (χ3v) is 3.76. The second-order valence-electron chi connectivity index (χ2n) is 5.50. The van der Waals surface area contributed by atoms with Crippen LogP contribution >= 0.6 is 11.6 Å². The molecule has 3 nitrogen and oxygen atoms in total. The molecule has 0 radical (unpaired) electrons. The summed E-state index contributed by atoms with van der Waals surface area (Å²) in [6.45, 7) is 6.58. The third-order valence-electron chi connectivity index (χ3n) is 3.52. The Morgan fingerprint density at radius 3 is 2.50 bits per heavy atom. The molecule has 0 aromatic heterocycles. The van der Waals surface area contributed by atoms with Gasteiger partial charge >= 0.3 is 0 Å². The predicted molar refractivity (Wildman–Crippen MR) is 93.8 cm³/mol. The molecule has 22 heavy (non-hydrogen) atoms. The maximum atomic E-state index is 12.0. The molecule has 2 aromatic rings. The lowest BCUT2D eigenvalue weighted by Gasteiger charge is -2.11. The Kier molecular flexibility index (Phi) is 5.45. The molecule has 0 aliphatic rings. The van der Waals surface area contributed by atoms with E-state index in [4.69, 9.17) is 11.6 Å². The molecule has 0 saturated heterocycles. The van der Waals surface area contributed by atoms with E-state index in [9.17, 15) is 4.79 Å². The van der Waals surface area contributed by atoms with E-state index in [1.807, 2.05) is 57.2 Å². The summed E-state index contributed by atoms with van der Waals surface area (Å²) in [6.07, 6.45) is 0.412. The Hall–Kier alpha value is -2.00. The Labute approximate surface area is 136 Å². The maximum Gasteiger partial charge on any atom is 0.226 e. The van der Waals surface area contributed by atoms with Crippen molar-refractivity contribution in [3.8, 4) is 0 Å². The molecule has 0 spiro atoms. The average Bonchev–Trinajstić information content (AvgIpc) is 2.45. The van der Waals surface area contributed by atoms with Gasteiger partial charge in [0, 0.05) is 29.4 Å². The maximum absolute atomic E-state index is 12.0. The van der Waals surface area contributed by atoms with Crippen molar-refractivity contribution in [3.63, 3.8) is 0 Å². The molecule has 2 N–H and O–H groups in total. The molecule has 2 aromatic carbocycles. The summed E-state index contributed by atoms with van der Waals surface area (Å²) >= 11 is 5.93. The van der Waals surface area contributed by atoms with Crippen molar-refractivity contribution in [2.75, 3.05) is 17.2 Å². The topological polar surface area (TPSA) is 41.1 Å². The first-order valence-corrected chi connectivity index (χ1v) is 7.70. The first-order chi connectivity index (χ1) is 10.5. The fourth-order valence-corrected chi connectivity index (χ4v) is 2.45. The highest BCUT2D eigenvalue weighted by Crippen LogP contribution is 2.20. The Bertz CT molecular complexity index is 683. The summed E-state index contributed by atoms with van der Waals surface area (Å²) in [4.78, 5) is 12.0. The summed E-state index contributed by atoms with van der Waals surface area (Å²) < 4.78 is 0. The van der Waals surface area contributed by atoms with E-state index in [1.165, 1.54) is 0 Å². The average molecular weight is 317 g/mol. The molecular weight excluding hydrogens is 296 g/mol. The summed E-state index contributed by atoms with van der Waals surface area (Å²) in [6, 6.07) is 11.7. The number of carbonyl (C=O) groups is 1. The molecule has 0 aliphatic heterocycles. The predicted octanol–water partition coefficient (Wildman–Crippen LogP) is 4.71. The largest absolute Gasteiger partial charge is 0.384 e. The van der Waals surface area contributed by atoms with Crippen LogP contribution in [0.25, 0.3) is 0 Å². The Morgan fingerprint density at radius 2 is 1.77 bits per heavy atom. The van der Waals surface area contributed by atoms with Crippen LogP contribution in [0, 0.1) is 20.8 Å². The zero-order valence-electron chi connectivity index (χ0n) is 13.2. The van der Waals surface area contributed by atoms with Crippen molar-refractivity contribution in [1.82, 2.24) is 0 Å². The van der Waals surface area contributed by atoms with Crippen LogP contribution in [0.1, 0.15) is 23.1 Å². The lowest BCUT2D eigenvalue weighted by molar-refractivity contribution is -0.115. The van der Waals surface area contributed by atoms with Crippen molar-refractivity contribution in [1.29, 1.82) is 0 Å². The van der Waals surface area contributed by atoms with E-state index in [0.717, 1.165) is 33.1 Å². The van der Waals surface area contributed by atoms with Gasteiger partial charge in [-0.25, -0.2) is 0 Å². The van der Waals surface area contributed by atoms with E-state index in [0.29, 0.717) is 13.0 Å². The lowest BCUT2D eigenvalue weighted by atomic mass is 10.1. The molecule has 0 fully saturated rings. The van der Waals surface area contributed by atoms with Crippen LogP contribution in [0.2, 0.25) is 5.02 Å². The van der Waals surface area contributed by atoms with Crippen LogP contribution in [0.4, 0.5) is 11.4 Å². The number of amides is 1. The van der Waals surface area contributed by atoms with Gasteiger partial charge in [0.2, 0.25) is 5.91 Å². The van der Waals surface area contributed by atoms with Gasteiger partial charge in [-0.2, -0.15) is 0 Å². The fraction of sp³-hybridized carbons (Fsp3) is 0.278. The first kappa shape index (κ1) is 16.4. The number of hydrogen-bond acceptors (Lipinski definition) is 2. The monoisotopic (exact) mass is 316 g/mol. The Balaban J connectivity index is 1.86. The number of benzene rings is 2. The minimum atomic E-state index is 0.00724. The molecule has 0 heterocycles. The van der Waals surface area contributed by atoms with Gasteiger partial charge in [0.05, 0.1) is 0 Å². The second-order valence-corrected chi connectivity index (χ2v) is 5.94. The first-order valence-electron chi connectivity index (χ1n) is 7.33. The molecule has 0 bridgehead atoms. The molecule has 2 rings (SSSR count). The number of carbonyl (C=O) groups excluding carboxylic acids is 1. The number of halogens is 1. The minimum absolute atomic E-state index is 0.00724. The van der Waals surface area contributed by atoms with Crippen LogP contribution in [0.15, 0.2) is 36.4 Å². The van der Waals surface area contributed by atoms with Crippen LogP contribution in [-0.2, 0) is 4.79 Å². The third kappa shape index (κ3) is 4.50. The summed E-state index contributed by atoms with van der Waals surface area (Å²) in [5, 5.41) is 6.94.